The Bertz CT molecular complexity index is 584. The van der Waals surface area contributed by atoms with Crippen LogP contribution in [0, 0.1) is 18.6 Å². The molecule has 0 aliphatic heterocycles. The number of rotatable bonds is 2. The van der Waals surface area contributed by atoms with Crippen LogP contribution in [0.5, 0.6) is 0 Å². The molecular formula is C14H12BrF2N. The van der Waals surface area contributed by atoms with Gasteiger partial charge in [0, 0.05) is 10.0 Å². The van der Waals surface area contributed by atoms with Gasteiger partial charge in [-0.15, -0.1) is 0 Å². The number of benzene rings is 2. The SMILES string of the molecule is Cc1ccc(C(N)c2cc(F)ccc2F)cc1Br. The van der Waals surface area contributed by atoms with Gasteiger partial charge in [0.1, 0.15) is 11.6 Å². The van der Waals surface area contributed by atoms with Gasteiger partial charge in [-0.1, -0.05) is 28.1 Å². The van der Waals surface area contributed by atoms with Crippen LogP contribution in [-0.2, 0) is 0 Å². The van der Waals surface area contributed by atoms with Gasteiger partial charge in [0.2, 0.25) is 0 Å². The van der Waals surface area contributed by atoms with Crippen LogP contribution >= 0.6 is 15.9 Å². The Kier molecular flexibility index (Phi) is 3.78. The second-order valence-electron chi connectivity index (χ2n) is 4.15. The molecule has 2 aromatic carbocycles. The van der Waals surface area contributed by atoms with Crippen LogP contribution < -0.4 is 5.73 Å². The smallest absolute Gasteiger partial charge is 0.128 e. The molecule has 18 heavy (non-hydrogen) atoms. The number of aryl methyl sites for hydroxylation is 1. The molecule has 0 fully saturated rings. The van der Waals surface area contributed by atoms with E-state index in [0.29, 0.717) is 0 Å². The second-order valence-corrected chi connectivity index (χ2v) is 5.01. The first-order valence-corrected chi connectivity index (χ1v) is 6.25. The zero-order valence-electron chi connectivity index (χ0n) is 9.75. The fourth-order valence-corrected chi connectivity index (χ4v) is 2.13. The van der Waals surface area contributed by atoms with Crippen LogP contribution in [0.1, 0.15) is 22.7 Å². The maximum absolute atomic E-state index is 13.6. The molecule has 0 amide bonds. The summed E-state index contributed by atoms with van der Waals surface area (Å²) in [5, 5.41) is 0. The van der Waals surface area contributed by atoms with E-state index in [9.17, 15) is 8.78 Å². The van der Waals surface area contributed by atoms with Crippen molar-refractivity contribution >= 4 is 15.9 Å². The Hall–Kier alpha value is -1.26. The van der Waals surface area contributed by atoms with Gasteiger partial charge >= 0.3 is 0 Å². The van der Waals surface area contributed by atoms with Crippen molar-refractivity contribution in [3.05, 3.63) is 69.2 Å². The summed E-state index contributed by atoms with van der Waals surface area (Å²) in [4.78, 5) is 0. The molecule has 2 N–H and O–H groups in total. The van der Waals surface area contributed by atoms with E-state index >= 15 is 0 Å². The Balaban J connectivity index is 2.44. The minimum atomic E-state index is -0.683. The molecule has 0 saturated heterocycles. The van der Waals surface area contributed by atoms with E-state index < -0.39 is 17.7 Å². The summed E-state index contributed by atoms with van der Waals surface area (Å²) in [6.45, 7) is 1.95. The summed E-state index contributed by atoms with van der Waals surface area (Å²) in [7, 11) is 0. The molecule has 1 nitrogen and oxygen atoms in total. The summed E-state index contributed by atoms with van der Waals surface area (Å²) in [5.41, 5.74) is 7.93. The predicted octanol–water partition coefficient (Wildman–Crippen LogP) is 4.08. The summed E-state index contributed by atoms with van der Waals surface area (Å²) in [6.07, 6.45) is 0. The van der Waals surface area contributed by atoms with E-state index in [0.717, 1.165) is 33.8 Å². The van der Waals surface area contributed by atoms with Crippen molar-refractivity contribution in [1.29, 1.82) is 0 Å². The van der Waals surface area contributed by atoms with E-state index in [1.54, 1.807) is 0 Å². The third-order valence-corrected chi connectivity index (χ3v) is 3.70. The van der Waals surface area contributed by atoms with E-state index in [1.165, 1.54) is 0 Å². The lowest BCUT2D eigenvalue weighted by Gasteiger charge is -2.14. The normalized spacial score (nSPS) is 12.5. The van der Waals surface area contributed by atoms with E-state index in [4.69, 9.17) is 5.73 Å². The molecular weight excluding hydrogens is 300 g/mol. The highest BCUT2D eigenvalue weighted by Gasteiger charge is 2.15. The average Bonchev–Trinajstić information content (AvgIpc) is 2.35. The molecule has 0 aromatic heterocycles. The molecule has 1 unspecified atom stereocenters. The number of halogens is 3. The Morgan fingerprint density at radius 2 is 1.83 bits per heavy atom. The highest BCUT2D eigenvalue weighted by Crippen LogP contribution is 2.26. The first-order valence-electron chi connectivity index (χ1n) is 5.45. The van der Waals surface area contributed by atoms with Crippen LogP contribution in [0.25, 0.3) is 0 Å². The van der Waals surface area contributed by atoms with E-state index in [-0.39, 0.29) is 5.56 Å². The van der Waals surface area contributed by atoms with Crippen molar-refractivity contribution < 1.29 is 8.78 Å². The van der Waals surface area contributed by atoms with Gasteiger partial charge in [0.15, 0.2) is 0 Å². The van der Waals surface area contributed by atoms with Gasteiger partial charge in [-0.05, 0) is 42.3 Å². The molecule has 94 valence electrons. The molecule has 0 bridgehead atoms. The zero-order valence-corrected chi connectivity index (χ0v) is 11.3. The maximum atomic E-state index is 13.6. The van der Waals surface area contributed by atoms with Gasteiger partial charge in [-0.3, -0.25) is 0 Å². The van der Waals surface area contributed by atoms with Gasteiger partial charge in [-0.25, -0.2) is 8.78 Å². The largest absolute Gasteiger partial charge is 0.320 e. The number of hydrogen-bond acceptors (Lipinski definition) is 1. The molecule has 0 spiro atoms. The van der Waals surface area contributed by atoms with E-state index in [1.807, 2.05) is 25.1 Å². The highest BCUT2D eigenvalue weighted by molar-refractivity contribution is 9.10. The number of nitrogens with two attached hydrogens (primary N) is 1. The molecule has 0 radical (unpaired) electrons. The van der Waals surface area contributed by atoms with Gasteiger partial charge in [-0.2, -0.15) is 0 Å². The van der Waals surface area contributed by atoms with Gasteiger partial charge in [0.05, 0.1) is 6.04 Å². The molecule has 2 aromatic rings. The predicted molar refractivity (Wildman–Crippen MR) is 71.3 cm³/mol. The Labute approximate surface area is 113 Å². The summed E-state index contributed by atoms with van der Waals surface area (Å²) >= 11 is 3.40. The monoisotopic (exact) mass is 311 g/mol. The van der Waals surface area contributed by atoms with Crippen LogP contribution in [-0.4, -0.2) is 0 Å². The molecule has 4 heteroatoms. The summed E-state index contributed by atoms with van der Waals surface area (Å²) < 4.78 is 27.7. The molecule has 1 atom stereocenters. The zero-order chi connectivity index (χ0) is 13.3. The molecule has 0 heterocycles. The second kappa shape index (κ2) is 5.16. The van der Waals surface area contributed by atoms with Crippen LogP contribution in [0.4, 0.5) is 8.78 Å². The summed E-state index contributed by atoms with van der Waals surface area (Å²) in [5.74, 6) is -0.992. The van der Waals surface area contributed by atoms with Gasteiger partial charge in [0.25, 0.3) is 0 Å². The standard InChI is InChI=1S/C14H12BrF2N/c1-8-2-3-9(6-12(8)15)14(18)11-7-10(16)4-5-13(11)17/h2-7,14H,18H2,1H3. The van der Waals surface area contributed by atoms with Crippen LogP contribution in [0.2, 0.25) is 0 Å². The number of hydrogen-bond donors (Lipinski definition) is 1. The fraction of sp³-hybridized carbons (Fsp3) is 0.143. The van der Waals surface area contributed by atoms with Crippen molar-refractivity contribution in [3.63, 3.8) is 0 Å². The van der Waals surface area contributed by atoms with Crippen molar-refractivity contribution in [2.45, 2.75) is 13.0 Å². The topological polar surface area (TPSA) is 26.0 Å². The fourth-order valence-electron chi connectivity index (χ4n) is 1.74. The van der Waals surface area contributed by atoms with Crippen molar-refractivity contribution in [3.8, 4) is 0 Å². The maximum Gasteiger partial charge on any atom is 0.128 e. The van der Waals surface area contributed by atoms with Gasteiger partial charge < -0.3 is 5.73 Å². The lowest BCUT2D eigenvalue weighted by molar-refractivity contribution is 0.576. The van der Waals surface area contributed by atoms with Crippen molar-refractivity contribution in [2.75, 3.05) is 0 Å². The van der Waals surface area contributed by atoms with Crippen LogP contribution in [0.15, 0.2) is 40.9 Å². The Morgan fingerprint density at radius 1 is 1.11 bits per heavy atom. The quantitative estimate of drug-likeness (QED) is 0.888. The lowest BCUT2D eigenvalue weighted by atomic mass is 9.98. The third kappa shape index (κ3) is 2.60. The van der Waals surface area contributed by atoms with E-state index in [2.05, 4.69) is 15.9 Å². The molecule has 2 rings (SSSR count). The Morgan fingerprint density at radius 3 is 2.50 bits per heavy atom. The molecule has 0 aliphatic carbocycles. The molecule has 0 aliphatic rings. The first kappa shape index (κ1) is 13.2. The minimum absolute atomic E-state index is 0.158. The first-order chi connectivity index (χ1) is 8.49. The minimum Gasteiger partial charge on any atom is -0.320 e. The lowest BCUT2D eigenvalue weighted by Crippen LogP contribution is -2.14. The van der Waals surface area contributed by atoms with Crippen molar-refractivity contribution in [2.24, 2.45) is 5.73 Å². The summed E-state index contributed by atoms with van der Waals surface area (Å²) in [6, 6.07) is 8.14. The molecule has 0 saturated carbocycles. The highest BCUT2D eigenvalue weighted by atomic mass is 79.9. The third-order valence-electron chi connectivity index (χ3n) is 2.85. The van der Waals surface area contributed by atoms with Crippen molar-refractivity contribution in [1.82, 2.24) is 0 Å². The van der Waals surface area contributed by atoms with Crippen LogP contribution in [0.3, 0.4) is 0 Å². The average molecular weight is 312 g/mol.